The summed E-state index contributed by atoms with van der Waals surface area (Å²) in [6.45, 7) is -0.156. The Morgan fingerprint density at radius 1 is 1.03 bits per heavy atom. The highest BCUT2D eigenvalue weighted by atomic mass is 32.1. The van der Waals surface area contributed by atoms with Gasteiger partial charge in [0.25, 0.3) is 11.6 Å². The summed E-state index contributed by atoms with van der Waals surface area (Å²) in [5.74, 6) is -0.0682. The number of thiophene rings is 1. The summed E-state index contributed by atoms with van der Waals surface area (Å²) in [4.78, 5) is 40.4. The number of nitro groups is 1. The Bertz CT molecular complexity index is 1480. The van der Waals surface area contributed by atoms with E-state index < -0.39 is 16.8 Å². The largest absolute Gasteiger partial charge is 0.493 e. The molecule has 2 aromatic carbocycles. The van der Waals surface area contributed by atoms with Crippen molar-refractivity contribution in [2.75, 3.05) is 21.3 Å². The number of benzene rings is 2. The van der Waals surface area contributed by atoms with E-state index in [4.69, 9.17) is 14.2 Å². The lowest BCUT2D eigenvalue weighted by atomic mass is 10.2. The summed E-state index contributed by atoms with van der Waals surface area (Å²) in [5.41, 5.74) is 0.570. The topological polar surface area (TPSA) is 122 Å². The molecule has 2 heterocycles. The Morgan fingerprint density at radius 3 is 2.42 bits per heavy atom. The summed E-state index contributed by atoms with van der Waals surface area (Å²) in [6.07, 6.45) is 0. The van der Waals surface area contributed by atoms with Gasteiger partial charge in [-0.25, -0.2) is 0 Å². The van der Waals surface area contributed by atoms with E-state index in [-0.39, 0.29) is 12.2 Å². The van der Waals surface area contributed by atoms with Crippen LogP contribution in [0.1, 0.15) is 9.67 Å². The zero-order valence-electron chi connectivity index (χ0n) is 17.7. The molecule has 0 aliphatic heterocycles. The van der Waals surface area contributed by atoms with Crippen LogP contribution in [0.2, 0.25) is 0 Å². The predicted molar refractivity (Wildman–Crippen MR) is 123 cm³/mol. The Balaban J connectivity index is 1.84. The Kier molecular flexibility index (Phi) is 6.11. The minimum atomic E-state index is -0.525. The molecule has 1 amide bonds. The van der Waals surface area contributed by atoms with Gasteiger partial charge < -0.3 is 18.8 Å². The first-order valence-corrected chi connectivity index (χ1v) is 11.1. The molecule has 0 saturated carbocycles. The number of non-ortho nitro benzene ring substituents is 1. The van der Waals surface area contributed by atoms with Crippen molar-refractivity contribution < 1.29 is 28.7 Å². The average molecular weight is 488 g/mol. The molecule has 0 bridgehead atoms. The lowest BCUT2D eigenvalue weighted by Gasteiger charge is -2.08. The van der Waals surface area contributed by atoms with Gasteiger partial charge >= 0.3 is 5.97 Å². The van der Waals surface area contributed by atoms with E-state index in [0.717, 1.165) is 9.40 Å². The summed E-state index contributed by atoms with van der Waals surface area (Å²) >= 11 is 2.39. The van der Waals surface area contributed by atoms with Crippen LogP contribution in [0.25, 0.3) is 20.3 Å². The Hall–Kier alpha value is -3.77. The number of nitro benzene ring substituents is 1. The number of methoxy groups -OCH3 is 3. The molecular weight excluding hydrogens is 470 g/mol. The van der Waals surface area contributed by atoms with Gasteiger partial charge in [0, 0.05) is 34.4 Å². The zero-order chi connectivity index (χ0) is 23.7. The van der Waals surface area contributed by atoms with E-state index in [1.807, 2.05) is 0 Å². The van der Waals surface area contributed by atoms with Crippen LogP contribution < -0.4 is 14.3 Å². The third kappa shape index (κ3) is 4.30. The molecule has 33 heavy (non-hydrogen) atoms. The fraction of sp³-hybridized carbons (Fsp3) is 0.190. The maximum atomic E-state index is 13.0. The second-order valence-corrected chi connectivity index (χ2v) is 8.82. The number of hydrogen-bond donors (Lipinski definition) is 0. The summed E-state index contributed by atoms with van der Waals surface area (Å²) in [6, 6.07) is 9.43. The van der Waals surface area contributed by atoms with Crippen LogP contribution in [0, 0.1) is 10.1 Å². The van der Waals surface area contributed by atoms with Crippen molar-refractivity contribution in [3.8, 4) is 11.5 Å². The van der Waals surface area contributed by atoms with Crippen molar-refractivity contribution in [2.45, 2.75) is 6.54 Å². The fourth-order valence-corrected chi connectivity index (χ4v) is 5.19. The maximum Gasteiger partial charge on any atom is 0.325 e. The minimum Gasteiger partial charge on any atom is -0.493 e. The molecule has 2 aromatic heterocycles. The molecule has 10 nitrogen and oxygen atoms in total. The molecule has 0 saturated heterocycles. The van der Waals surface area contributed by atoms with E-state index >= 15 is 0 Å². The van der Waals surface area contributed by atoms with Crippen LogP contribution in [-0.4, -0.2) is 42.7 Å². The van der Waals surface area contributed by atoms with Crippen LogP contribution in [0.15, 0.2) is 41.4 Å². The average Bonchev–Trinajstić information content (AvgIpc) is 3.38. The number of carbonyl (C=O) groups is 2. The molecule has 0 atom stereocenters. The van der Waals surface area contributed by atoms with Crippen molar-refractivity contribution in [3.63, 3.8) is 0 Å². The van der Waals surface area contributed by atoms with E-state index in [1.165, 1.54) is 56.1 Å². The van der Waals surface area contributed by atoms with Gasteiger partial charge in [0.15, 0.2) is 16.3 Å². The zero-order valence-corrected chi connectivity index (χ0v) is 19.3. The molecule has 4 rings (SSSR count). The molecule has 0 N–H and O–H groups in total. The van der Waals surface area contributed by atoms with E-state index in [0.29, 0.717) is 32.1 Å². The van der Waals surface area contributed by atoms with Crippen LogP contribution in [0.3, 0.4) is 0 Å². The second-order valence-electron chi connectivity index (χ2n) is 6.73. The van der Waals surface area contributed by atoms with Crippen LogP contribution in [-0.2, 0) is 16.1 Å². The third-order valence-corrected chi connectivity index (χ3v) is 6.97. The predicted octanol–water partition coefficient (Wildman–Crippen LogP) is 3.76. The number of nitrogens with zero attached hydrogens (tertiary/aromatic N) is 3. The fourth-order valence-electron chi connectivity index (χ4n) is 3.22. The molecule has 170 valence electrons. The third-order valence-electron chi connectivity index (χ3n) is 4.82. The van der Waals surface area contributed by atoms with Crippen LogP contribution >= 0.6 is 22.7 Å². The molecule has 0 unspecified atom stereocenters. The van der Waals surface area contributed by atoms with E-state index in [2.05, 4.69) is 4.99 Å². The molecule has 12 heteroatoms. The molecular formula is C21H17N3O7S2. The number of fused-ring (bicyclic) bond motifs is 2. The number of carbonyl (C=O) groups excluding carboxylic acids is 2. The van der Waals surface area contributed by atoms with E-state index in [9.17, 15) is 19.7 Å². The number of hydrogen-bond acceptors (Lipinski definition) is 9. The summed E-state index contributed by atoms with van der Waals surface area (Å²) in [5, 5.41) is 11.6. The first-order valence-electron chi connectivity index (χ1n) is 9.43. The minimum absolute atomic E-state index is 0.0560. The number of ether oxygens (including phenoxy) is 3. The second kappa shape index (κ2) is 9.00. The molecule has 0 radical (unpaired) electrons. The smallest absolute Gasteiger partial charge is 0.325 e. The molecule has 0 aliphatic rings. The van der Waals surface area contributed by atoms with Crippen molar-refractivity contribution in [2.24, 2.45) is 4.99 Å². The number of amides is 1. The van der Waals surface area contributed by atoms with Gasteiger partial charge in [-0.1, -0.05) is 11.3 Å². The molecule has 0 aliphatic carbocycles. The van der Waals surface area contributed by atoms with Gasteiger partial charge in [-0.15, -0.1) is 11.3 Å². The lowest BCUT2D eigenvalue weighted by molar-refractivity contribution is -0.384. The first kappa shape index (κ1) is 22.4. The monoisotopic (exact) mass is 487 g/mol. The molecule has 0 fully saturated rings. The Labute approximate surface area is 194 Å². The number of esters is 1. The summed E-state index contributed by atoms with van der Waals surface area (Å²) in [7, 11) is 4.29. The van der Waals surface area contributed by atoms with Crippen molar-refractivity contribution in [1.82, 2.24) is 4.57 Å². The lowest BCUT2D eigenvalue weighted by Crippen LogP contribution is -2.22. The van der Waals surface area contributed by atoms with Gasteiger partial charge in [0.1, 0.15) is 6.54 Å². The Morgan fingerprint density at radius 2 is 1.76 bits per heavy atom. The highest BCUT2D eigenvalue weighted by molar-refractivity contribution is 7.21. The standard InChI is InChI=1S/C21H17N3O7S2/c1-29-14-8-13-17(9-15(14)30-2)33-21(23(13)10-19(25)31-3)22-20(26)18-7-11-6-12(24(27)28)4-5-16(11)32-18/h4-9H,10H2,1-3H3. The molecule has 0 spiro atoms. The van der Waals surface area contributed by atoms with Crippen molar-refractivity contribution in [1.29, 1.82) is 0 Å². The maximum absolute atomic E-state index is 13.0. The SMILES string of the molecule is COC(=O)Cn1c(=NC(=O)c2cc3cc([N+](=O)[O-])ccc3s2)sc2cc(OC)c(OC)cc21. The van der Waals surface area contributed by atoms with Gasteiger partial charge in [0.05, 0.1) is 41.3 Å². The molecule has 4 aromatic rings. The van der Waals surface area contributed by atoms with Crippen molar-refractivity contribution in [3.05, 3.63) is 56.2 Å². The van der Waals surface area contributed by atoms with Crippen LogP contribution in [0.5, 0.6) is 11.5 Å². The first-order chi connectivity index (χ1) is 15.8. The van der Waals surface area contributed by atoms with Crippen LogP contribution in [0.4, 0.5) is 5.69 Å². The number of thiazole rings is 1. The number of rotatable bonds is 6. The van der Waals surface area contributed by atoms with Gasteiger partial charge in [-0.05, 0) is 12.1 Å². The van der Waals surface area contributed by atoms with Crippen molar-refractivity contribution >= 4 is 60.5 Å². The van der Waals surface area contributed by atoms with Gasteiger partial charge in [-0.3, -0.25) is 19.7 Å². The summed E-state index contributed by atoms with van der Waals surface area (Å²) < 4.78 is 18.5. The van der Waals surface area contributed by atoms with Gasteiger partial charge in [0.2, 0.25) is 0 Å². The normalized spacial score (nSPS) is 11.7. The highest BCUT2D eigenvalue weighted by Crippen LogP contribution is 2.34. The quantitative estimate of drug-likeness (QED) is 0.231. The van der Waals surface area contributed by atoms with Gasteiger partial charge in [-0.2, -0.15) is 4.99 Å². The number of aromatic nitrogens is 1. The highest BCUT2D eigenvalue weighted by Gasteiger charge is 2.17. The van der Waals surface area contributed by atoms with E-state index in [1.54, 1.807) is 28.8 Å².